The zero-order valence-corrected chi connectivity index (χ0v) is 19.0. The van der Waals surface area contributed by atoms with Crippen molar-refractivity contribution in [3.63, 3.8) is 0 Å². The highest BCUT2D eigenvalue weighted by atomic mass is 127. The van der Waals surface area contributed by atoms with Crippen molar-refractivity contribution in [2.24, 2.45) is 10.9 Å². The molecule has 1 aliphatic rings. The highest BCUT2D eigenvalue weighted by Crippen LogP contribution is 2.18. The fourth-order valence-electron chi connectivity index (χ4n) is 2.81. The molecule has 2 rings (SSSR count). The van der Waals surface area contributed by atoms with Crippen LogP contribution in [0.5, 0.6) is 0 Å². The van der Waals surface area contributed by atoms with E-state index < -0.39 is 0 Å². The number of guanidine groups is 1. The Morgan fingerprint density at radius 2 is 2.12 bits per heavy atom. The van der Waals surface area contributed by atoms with Crippen molar-refractivity contribution in [1.29, 1.82) is 0 Å². The predicted octanol–water partition coefficient (Wildman–Crippen LogP) is 3.35. The van der Waals surface area contributed by atoms with E-state index in [0.29, 0.717) is 19.1 Å². The van der Waals surface area contributed by atoms with Gasteiger partial charge in [-0.1, -0.05) is 18.2 Å². The van der Waals surface area contributed by atoms with Gasteiger partial charge >= 0.3 is 0 Å². The molecule has 1 aromatic rings. The summed E-state index contributed by atoms with van der Waals surface area (Å²) in [5.74, 6) is 2.62. The Morgan fingerprint density at radius 3 is 2.85 bits per heavy atom. The molecule has 0 spiro atoms. The van der Waals surface area contributed by atoms with Gasteiger partial charge in [-0.25, -0.2) is 0 Å². The number of nitrogens with zero attached hydrogens (tertiary/aromatic N) is 2. The van der Waals surface area contributed by atoms with Gasteiger partial charge in [-0.3, -0.25) is 4.99 Å². The van der Waals surface area contributed by atoms with Crippen LogP contribution in [0.4, 0.5) is 0 Å². The largest absolute Gasteiger partial charge is 0.382 e. The van der Waals surface area contributed by atoms with E-state index in [9.17, 15) is 0 Å². The number of thioether (sulfide) groups is 1. The summed E-state index contributed by atoms with van der Waals surface area (Å²) in [6.45, 7) is 8.07. The van der Waals surface area contributed by atoms with Crippen LogP contribution in [-0.4, -0.2) is 69.7 Å². The van der Waals surface area contributed by atoms with Gasteiger partial charge in [0.15, 0.2) is 5.96 Å². The first-order chi connectivity index (χ1) is 12.3. The number of hydrogen-bond acceptors (Lipinski definition) is 4. The molecule has 1 saturated heterocycles. The molecule has 0 radical (unpaired) electrons. The van der Waals surface area contributed by atoms with E-state index in [1.54, 1.807) is 7.11 Å². The van der Waals surface area contributed by atoms with Gasteiger partial charge in [0.05, 0.1) is 26.4 Å². The van der Waals surface area contributed by atoms with Crippen LogP contribution in [0, 0.1) is 5.92 Å². The normalized spacial score (nSPS) is 17.2. The Morgan fingerprint density at radius 1 is 1.31 bits per heavy atom. The molecule has 0 amide bonds. The van der Waals surface area contributed by atoms with E-state index >= 15 is 0 Å². The van der Waals surface area contributed by atoms with Crippen molar-refractivity contribution < 1.29 is 9.47 Å². The van der Waals surface area contributed by atoms with Crippen LogP contribution in [0.2, 0.25) is 0 Å². The second-order valence-electron chi connectivity index (χ2n) is 6.07. The topological polar surface area (TPSA) is 46.1 Å². The quantitative estimate of drug-likeness (QED) is 0.178. The van der Waals surface area contributed by atoms with E-state index in [0.717, 1.165) is 50.9 Å². The van der Waals surface area contributed by atoms with E-state index in [-0.39, 0.29) is 24.0 Å². The summed E-state index contributed by atoms with van der Waals surface area (Å²) < 4.78 is 10.7. The van der Waals surface area contributed by atoms with E-state index in [1.165, 1.54) is 4.90 Å². The zero-order valence-electron chi connectivity index (χ0n) is 15.9. The summed E-state index contributed by atoms with van der Waals surface area (Å²) in [7, 11) is 1.70. The number of methoxy groups -OCH3 is 1. The standard InChI is InChI=1S/C19H31N3O2S.HI/c1-3-20-19(21-10-14-25-18-7-5-4-6-8-18)22-11-9-17(15-22)16-24-13-12-23-2;/h4-8,17H,3,9-16H2,1-2H3,(H,20,21);1H. The number of likely N-dealkylation sites (tertiary alicyclic amines) is 1. The molecule has 7 heteroatoms. The molecule has 0 saturated carbocycles. The van der Waals surface area contributed by atoms with Crippen LogP contribution < -0.4 is 5.32 Å². The van der Waals surface area contributed by atoms with Crippen molar-refractivity contribution in [2.75, 3.05) is 58.9 Å². The molecule has 0 aliphatic carbocycles. The number of halogens is 1. The maximum Gasteiger partial charge on any atom is 0.193 e. The van der Waals surface area contributed by atoms with E-state index in [2.05, 4.69) is 41.4 Å². The van der Waals surface area contributed by atoms with E-state index in [4.69, 9.17) is 14.5 Å². The van der Waals surface area contributed by atoms with Crippen LogP contribution in [0.15, 0.2) is 40.2 Å². The first kappa shape index (κ1) is 23.5. The summed E-state index contributed by atoms with van der Waals surface area (Å²) in [5, 5.41) is 3.43. The average molecular weight is 493 g/mol. The highest BCUT2D eigenvalue weighted by molar-refractivity contribution is 14.0. The first-order valence-corrected chi connectivity index (χ1v) is 10.1. The molecule has 26 heavy (non-hydrogen) atoms. The number of benzene rings is 1. The third-order valence-corrected chi connectivity index (χ3v) is 5.06. The van der Waals surface area contributed by atoms with Gasteiger partial charge < -0.3 is 19.7 Å². The van der Waals surface area contributed by atoms with Crippen molar-refractivity contribution in [1.82, 2.24) is 10.2 Å². The van der Waals surface area contributed by atoms with Crippen LogP contribution in [-0.2, 0) is 9.47 Å². The van der Waals surface area contributed by atoms with Gasteiger partial charge in [0, 0.05) is 43.3 Å². The lowest BCUT2D eigenvalue weighted by molar-refractivity contribution is 0.0536. The lowest BCUT2D eigenvalue weighted by Gasteiger charge is -2.21. The van der Waals surface area contributed by atoms with Crippen molar-refractivity contribution in [2.45, 2.75) is 18.2 Å². The van der Waals surface area contributed by atoms with Crippen LogP contribution in [0.25, 0.3) is 0 Å². The molecule has 1 heterocycles. The molecule has 148 valence electrons. The SMILES string of the molecule is CCNC(=NCCSc1ccccc1)N1CCC(COCCOC)C1.I. The highest BCUT2D eigenvalue weighted by Gasteiger charge is 2.24. The summed E-state index contributed by atoms with van der Waals surface area (Å²) in [5.41, 5.74) is 0. The molecular formula is C19H32IN3O2S. The van der Waals surface area contributed by atoms with Crippen molar-refractivity contribution in [3.05, 3.63) is 30.3 Å². The summed E-state index contributed by atoms with van der Waals surface area (Å²) >= 11 is 1.85. The Labute approximate surface area is 179 Å². The molecule has 1 fully saturated rings. The van der Waals surface area contributed by atoms with Crippen molar-refractivity contribution in [3.8, 4) is 0 Å². The van der Waals surface area contributed by atoms with Gasteiger partial charge in [-0.05, 0) is 25.5 Å². The molecule has 1 aliphatic heterocycles. The smallest absolute Gasteiger partial charge is 0.193 e. The molecule has 1 unspecified atom stereocenters. The number of aliphatic imine (C=N–C) groups is 1. The Balaban J connectivity index is 0.00000338. The Kier molecular flexibility index (Phi) is 13.2. The summed E-state index contributed by atoms with van der Waals surface area (Å²) in [6.07, 6.45) is 1.16. The maximum atomic E-state index is 5.68. The number of ether oxygens (including phenoxy) is 2. The number of nitrogens with one attached hydrogen (secondary N) is 1. The second-order valence-corrected chi connectivity index (χ2v) is 7.23. The lowest BCUT2D eigenvalue weighted by atomic mass is 10.1. The molecule has 1 aromatic carbocycles. The molecule has 5 nitrogen and oxygen atoms in total. The average Bonchev–Trinajstić information content (AvgIpc) is 3.11. The van der Waals surface area contributed by atoms with E-state index in [1.807, 2.05) is 17.8 Å². The van der Waals surface area contributed by atoms with Crippen molar-refractivity contribution >= 4 is 41.7 Å². The van der Waals surface area contributed by atoms with Crippen LogP contribution >= 0.6 is 35.7 Å². The molecule has 1 N–H and O–H groups in total. The minimum atomic E-state index is 0. The van der Waals surface area contributed by atoms with Gasteiger partial charge in [-0.15, -0.1) is 35.7 Å². The lowest BCUT2D eigenvalue weighted by Crippen LogP contribution is -2.40. The Bertz CT molecular complexity index is 505. The van der Waals surface area contributed by atoms with Crippen LogP contribution in [0.3, 0.4) is 0 Å². The summed E-state index contributed by atoms with van der Waals surface area (Å²) in [4.78, 5) is 8.47. The molecule has 1 atom stereocenters. The molecular weight excluding hydrogens is 461 g/mol. The fourth-order valence-corrected chi connectivity index (χ4v) is 3.58. The summed E-state index contributed by atoms with van der Waals surface area (Å²) in [6, 6.07) is 10.5. The molecule has 0 bridgehead atoms. The number of hydrogen-bond donors (Lipinski definition) is 1. The Hall–Kier alpha value is -0.510. The van der Waals surface area contributed by atoms with Crippen LogP contribution in [0.1, 0.15) is 13.3 Å². The minimum Gasteiger partial charge on any atom is -0.382 e. The second kappa shape index (κ2) is 14.5. The fraction of sp³-hybridized carbons (Fsp3) is 0.632. The third-order valence-electron chi connectivity index (χ3n) is 4.07. The molecule has 0 aromatic heterocycles. The first-order valence-electron chi connectivity index (χ1n) is 9.11. The van der Waals surface area contributed by atoms with Gasteiger partial charge in [0.1, 0.15) is 0 Å². The van der Waals surface area contributed by atoms with Gasteiger partial charge in [-0.2, -0.15) is 0 Å². The predicted molar refractivity (Wildman–Crippen MR) is 121 cm³/mol. The zero-order chi connectivity index (χ0) is 17.7. The minimum absolute atomic E-state index is 0. The maximum absolute atomic E-state index is 5.68. The third kappa shape index (κ3) is 8.92. The van der Waals surface area contributed by atoms with Gasteiger partial charge in [0.2, 0.25) is 0 Å². The number of rotatable bonds is 10. The monoisotopic (exact) mass is 493 g/mol. The van der Waals surface area contributed by atoms with Gasteiger partial charge in [0.25, 0.3) is 0 Å².